The number of carbonyl (C=O) groups excluding carboxylic acids is 1. The summed E-state index contributed by atoms with van der Waals surface area (Å²) in [6.07, 6.45) is 0.798. The van der Waals surface area contributed by atoms with Gasteiger partial charge in [0.05, 0.1) is 11.0 Å². The van der Waals surface area contributed by atoms with Gasteiger partial charge in [-0.15, -0.1) is 0 Å². The van der Waals surface area contributed by atoms with Gasteiger partial charge in [-0.3, -0.25) is 9.52 Å². The third-order valence-electron chi connectivity index (χ3n) is 4.42. The molecule has 162 valence electrons. The SMILES string of the molecule is CC(C)Oc1ccc(CCNC(=O)c2cccc(NS(=O)(=O)c3ccccc3)c2)cc1. The van der Waals surface area contributed by atoms with Gasteiger partial charge in [0.1, 0.15) is 5.75 Å². The van der Waals surface area contributed by atoms with E-state index in [-0.39, 0.29) is 16.9 Å². The Labute approximate surface area is 183 Å². The van der Waals surface area contributed by atoms with Crippen LogP contribution in [0.1, 0.15) is 29.8 Å². The molecule has 3 aromatic rings. The van der Waals surface area contributed by atoms with Crippen LogP contribution in [0.4, 0.5) is 5.69 Å². The summed E-state index contributed by atoms with van der Waals surface area (Å²) in [7, 11) is -3.71. The number of sulfonamides is 1. The number of hydrogen-bond acceptors (Lipinski definition) is 4. The molecule has 31 heavy (non-hydrogen) atoms. The van der Waals surface area contributed by atoms with Gasteiger partial charge in [0.25, 0.3) is 15.9 Å². The second-order valence-electron chi connectivity index (χ2n) is 7.32. The topological polar surface area (TPSA) is 84.5 Å². The summed E-state index contributed by atoms with van der Waals surface area (Å²) >= 11 is 0. The van der Waals surface area contributed by atoms with Gasteiger partial charge in [-0.05, 0) is 68.3 Å². The van der Waals surface area contributed by atoms with E-state index < -0.39 is 10.0 Å². The number of rotatable bonds is 9. The van der Waals surface area contributed by atoms with Crippen LogP contribution in [0.3, 0.4) is 0 Å². The lowest BCUT2D eigenvalue weighted by Gasteiger charge is -2.11. The molecule has 6 nitrogen and oxygen atoms in total. The van der Waals surface area contributed by atoms with Crippen LogP contribution in [0.15, 0.2) is 83.8 Å². The first-order valence-corrected chi connectivity index (χ1v) is 11.5. The van der Waals surface area contributed by atoms with Crippen molar-refractivity contribution in [1.82, 2.24) is 5.32 Å². The second kappa shape index (κ2) is 10.1. The van der Waals surface area contributed by atoms with Gasteiger partial charge in [0, 0.05) is 17.8 Å². The summed E-state index contributed by atoms with van der Waals surface area (Å²) in [6, 6.07) is 22.3. The van der Waals surface area contributed by atoms with E-state index >= 15 is 0 Å². The third-order valence-corrected chi connectivity index (χ3v) is 5.82. The molecule has 3 rings (SSSR count). The van der Waals surface area contributed by atoms with Gasteiger partial charge < -0.3 is 10.1 Å². The number of benzene rings is 3. The van der Waals surface area contributed by atoms with Gasteiger partial charge in [0.2, 0.25) is 0 Å². The standard InChI is InChI=1S/C24H26N2O4S/c1-18(2)30-22-13-11-19(12-14-22)15-16-25-24(27)20-7-6-8-21(17-20)26-31(28,29)23-9-4-3-5-10-23/h3-14,17-18,26H,15-16H2,1-2H3,(H,25,27). The molecule has 0 aliphatic carbocycles. The minimum absolute atomic E-state index is 0.123. The highest BCUT2D eigenvalue weighted by molar-refractivity contribution is 7.92. The Balaban J connectivity index is 1.56. The van der Waals surface area contributed by atoms with E-state index in [1.54, 1.807) is 36.4 Å². The summed E-state index contributed by atoms with van der Waals surface area (Å²) in [4.78, 5) is 12.7. The number of carbonyl (C=O) groups is 1. The molecule has 0 saturated heterocycles. The van der Waals surface area contributed by atoms with Crippen molar-refractivity contribution in [1.29, 1.82) is 0 Å². The van der Waals surface area contributed by atoms with Crippen molar-refractivity contribution in [2.75, 3.05) is 11.3 Å². The highest BCUT2D eigenvalue weighted by Crippen LogP contribution is 2.17. The number of nitrogens with one attached hydrogen (secondary N) is 2. The number of anilines is 1. The number of ether oxygens (including phenoxy) is 1. The minimum Gasteiger partial charge on any atom is -0.491 e. The van der Waals surface area contributed by atoms with Gasteiger partial charge >= 0.3 is 0 Å². The Hall–Kier alpha value is -3.32. The van der Waals surface area contributed by atoms with Crippen LogP contribution in [-0.2, 0) is 16.4 Å². The molecule has 2 N–H and O–H groups in total. The summed E-state index contributed by atoms with van der Waals surface area (Å²) < 4.78 is 33.1. The lowest BCUT2D eigenvalue weighted by atomic mass is 10.1. The molecule has 0 atom stereocenters. The second-order valence-corrected chi connectivity index (χ2v) is 9.00. The van der Waals surface area contributed by atoms with Crippen LogP contribution in [0, 0.1) is 0 Å². The molecule has 0 fully saturated rings. The summed E-state index contributed by atoms with van der Waals surface area (Å²) in [5, 5.41) is 2.87. The molecular formula is C24H26N2O4S. The molecule has 3 aromatic carbocycles. The van der Waals surface area contributed by atoms with Crippen molar-refractivity contribution in [3.8, 4) is 5.75 Å². The lowest BCUT2D eigenvalue weighted by molar-refractivity contribution is 0.0954. The van der Waals surface area contributed by atoms with Crippen molar-refractivity contribution in [3.63, 3.8) is 0 Å². The number of amides is 1. The predicted molar refractivity (Wildman–Crippen MR) is 122 cm³/mol. The monoisotopic (exact) mass is 438 g/mol. The van der Waals surface area contributed by atoms with Crippen LogP contribution in [0.5, 0.6) is 5.75 Å². The Morgan fingerprint density at radius 2 is 1.65 bits per heavy atom. The Morgan fingerprint density at radius 3 is 2.32 bits per heavy atom. The summed E-state index contributed by atoms with van der Waals surface area (Å²) in [5.41, 5.74) is 1.80. The fourth-order valence-electron chi connectivity index (χ4n) is 2.97. The van der Waals surface area contributed by atoms with Crippen molar-refractivity contribution >= 4 is 21.6 Å². The molecule has 7 heteroatoms. The van der Waals surface area contributed by atoms with Gasteiger partial charge in [0.15, 0.2) is 0 Å². The van der Waals surface area contributed by atoms with Gasteiger partial charge in [-0.1, -0.05) is 36.4 Å². The maximum absolute atomic E-state index is 12.5. The average Bonchev–Trinajstić information content (AvgIpc) is 2.75. The normalized spacial score (nSPS) is 11.2. The number of hydrogen-bond donors (Lipinski definition) is 2. The molecule has 0 spiro atoms. The zero-order valence-electron chi connectivity index (χ0n) is 17.5. The quantitative estimate of drug-likeness (QED) is 0.523. The summed E-state index contributed by atoms with van der Waals surface area (Å²) in [6.45, 7) is 4.42. The highest BCUT2D eigenvalue weighted by atomic mass is 32.2. The van der Waals surface area contributed by atoms with E-state index in [1.165, 1.54) is 18.2 Å². The highest BCUT2D eigenvalue weighted by Gasteiger charge is 2.14. The molecule has 0 unspecified atom stereocenters. The molecule has 0 aromatic heterocycles. The van der Waals surface area contributed by atoms with Gasteiger partial charge in [-0.2, -0.15) is 0 Å². The zero-order valence-corrected chi connectivity index (χ0v) is 18.4. The van der Waals surface area contributed by atoms with E-state index in [1.807, 2.05) is 38.1 Å². The van der Waals surface area contributed by atoms with E-state index in [0.717, 1.165) is 11.3 Å². The molecule has 0 saturated carbocycles. The largest absolute Gasteiger partial charge is 0.491 e. The first kappa shape index (κ1) is 22.4. The van der Waals surface area contributed by atoms with E-state index in [9.17, 15) is 13.2 Å². The van der Waals surface area contributed by atoms with Crippen LogP contribution in [0.25, 0.3) is 0 Å². The van der Waals surface area contributed by atoms with E-state index in [4.69, 9.17) is 4.74 Å². The van der Waals surface area contributed by atoms with Crippen molar-refractivity contribution in [2.45, 2.75) is 31.3 Å². The first-order valence-electron chi connectivity index (χ1n) is 10.1. The smallest absolute Gasteiger partial charge is 0.261 e. The Bertz CT molecular complexity index is 1110. The maximum Gasteiger partial charge on any atom is 0.261 e. The molecule has 0 heterocycles. The Kier molecular flexibility index (Phi) is 7.31. The average molecular weight is 439 g/mol. The molecule has 0 bridgehead atoms. The fourth-order valence-corrected chi connectivity index (χ4v) is 4.04. The molecule has 0 aliphatic rings. The Morgan fingerprint density at radius 1 is 0.935 bits per heavy atom. The molecule has 0 aliphatic heterocycles. The minimum atomic E-state index is -3.71. The van der Waals surface area contributed by atoms with E-state index in [0.29, 0.717) is 24.2 Å². The van der Waals surface area contributed by atoms with Crippen LogP contribution >= 0.6 is 0 Å². The van der Waals surface area contributed by atoms with E-state index in [2.05, 4.69) is 10.0 Å². The van der Waals surface area contributed by atoms with Crippen molar-refractivity contribution < 1.29 is 17.9 Å². The predicted octanol–water partition coefficient (Wildman–Crippen LogP) is 4.25. The lowest BCUT2D eigenvalue weighted by Crippen LogP contribution is -2.25. The summed E-state index contributed by atoms with van der Waals surface area (Å²) in [5.74, 6) is 0.554. The van der Waals surface area contributed by atoms with Crippen LogP contribution in [-0.4, -0.2) is 27.0 Å². The first-order chi connectivity index (χ1) is 14.8. The molecule has 1 amide bonds. The molecular weight excluding hydrogens is 412 g/mol. The molecule has 0 radical (unpaired) electrons. The van der Waals surface area contributed by atoms with Crippen molar-refractivity contribution in [3.05, 3.63) is 90.0 Å². The van der Waals surface area contributed by atoms with Crippen molar-refractivity contribution in [2.24, 2.45) is 0 Å². The fraction of sp³-hybridized carbons (Fsp3) is 0.208. The third kappa shape index (κ3) is 6.58. The maximum atomic E-state index is 12.5. The van der Waals surface area contributed by atoms with Gasteiger partial charge in [-0.25, -0.2) is 8.42 Å². The van der Waals surface area contributed by atoms with Crippen LogP contribution < -0.4 is 14.8 Å². The van der Waals surface area contributed by atoms with Crippen LogP contribution in [0.2, 0.25) is 0 Å². The zero-order chi connectivity index (χ0) is 22.3.